The van der Waals surface area contributed by atoms with Crippen molar-refractivity contribution in [1.29, 1.82) is 0 Å². The van der Waals surface area contributed by atoms with Gasteiger partial charge >= 0.3 is 11.9 Å². The van der Waals surface area contributed by atoms with E-state index in [1.165, 1.54) is 37.4 Å². The van der Waals surface area contributed by atoms with E-state index in [0.717, 1.165) is 0 Å². The van der Waals surface area contributed by atoms with Crippen LogP contribution in [0.1, 0.15) is 20.7 Å². The predicted molar refractivity (Wildman–Crippen MR) is 76.4 cm³/mol. The number of carbonyl (C=O) groups excluding carboxylic acids is 1. The highest BCUT2D eigenvalue weighted by atomic mass is 35.5. The van der Waals surface area contributed by atoms with E-state index in [0.29, 0.717) is 5.02 Å². The van der Waals surface area contributed by atoms with Gasteiger partial charge in [-0.1, -0.05) is 17.7 Å². The molecule has 0 atom stereocenters. The molecule has 0 aliphatic carbocycles. The number of ether oxygens (including phenoxy) is 2. The van der Waals surface area contributed by atoms with Gasteiger partial charge in [-0.05, 0) is 36.4 Å². The zero-order valence-corrected chi connectivity index (χ0v) is 11.8. The lowest BCUT2D eigenvalue weighted by Gasteiger charge is -2.11. The molecule has 2 aromatic carbocycles. The Balaban J connectivity index is 2.36. The third kappa shape index (κ3) is 3.32. The van der Waals surface area contributed by atoms with Gasteiger partial charge in [0.15, 0.2) is 11.5 Å². The lowest BCUT2D eigenvalue weighted by molar-refractivity contribution is 0.0678. The molecule has 0 unspecified atom stereocenters. The maximum Gasteiger partial charge on any atom is 0.343 e. The van der Waals surface area contributed by atoms with Gasteiger partial charge in [0.2, 0.25) is 0 Å². The largest absolute Gasteiger partial charge is 0.493 e. The molecule has 0 bridgehead atoms. The Labute approximate surface area is 125 Å². The molecule has 2 rings (SSSR count). The quantitative estimate of drug-likeness (QED) is 0.693. The van der Waals surface area contributed by atoms with Crippen molar-refractivity contribution >= 4 is 23.5 Å². The summed E-state index contributed by atoms with van der Waals surface area (Å²) in [4.78, 5) is 23.2. The van der Waals surface area contributed by atoms with E-state index in [-0.39, 0.29) is 22.6 Å². The Bertz CT molecular complexity index is 679. The van der Waals surface area contributed by atoms with E-state index in [1.807, 2.05) is 0 Å². The van der Waals surface area contributed by atoms with E-state index in [9.17, 15) is 9.59 Å². The third-order valence-corrected chi connectivity index (χ3v) is 2.96. The summed E-state index contributed by atoms with van der Waals surface area (Å²) >= 11 is 5.74. The fourth-order valence-electron chi connectivity index (χ4n) is 1.69. The average Bonchev–Trinajstić information content (AvgIpc) is 2.47. The number of carbonyl (C=O) groups is 2. The van der Waals surface area contributed by atoms with Crippen LogP contribution < -0.4 is 9.47 Å². The third-order valence-electron chi connectivity index (χ3n) is 2.70. The minimum atomic E-state index is -1.21. The van der Waals surface area contributed by atoms with Crippen LogP contribution in [0.25, 0.3) is 0 Å². The number of halogens is 1. The number of hydrogen-bond acceptors (Lipinski definition) is 4. The first kappa shape index (κ1) is 14.9. The molecule has 0 heterocycles. The molecule has 0 aliphatic rings. The van der Waals surface area contributed by atoms with Gasteiger partial charge in [-0.2, -0.15) is 0 Å². The van der Waals surface area contributed by atoms with Crippen molar-refractivity contribution in [2.75, 3.05) is 7.11 Å². The summed E-state index contributed by atoms with van der Waals surface area (Å²) in [6, 6.07) is 10.4. The van der Waals surface area contributed by atoms with Crippen LogP contribution in [-0.2, 0) is 0 Å². The van der Waals surface area contributed by atoms with E-state index >= 15 is 0 Å². The summed E-state index contributed by atoms with van der Waals surface area (Å²) in [5, 5.41) is 9.62. The van der Waals surface area contributed by atoms with Crippen molar-refractivity contribution in [2.24, 2.45) is 0 Å². The number of benzene rings is 2. The molecule has 0 spiro atoms. The number of carboxylic acids is 1. The van der Waals surface area contributed by atoms with Gasteiger partial charge in [0, 0.05) is 5.02 Å². The van der Waals surface area contributed by atoms with E-state index in [4.69, 9.17) is 26.2 Å². The van der Waals surface area contributed by atoms with Crippen LogP contribution >= 0.6 is 11.6 Å². The second-order valence-electron chi connectivity index (χ2n) is 4.04. The molecule has 0 aromatic heterocycles. The molecular formula is C15H11ClO5. The van der Waals surface area contributed by atoms with Crippen molar-refractivity contribution in [2.45, 2.75) is 0 Å². The zero-order chi connectivity index (χ0) is 15.4. The Kier molecular flexibility index (Phi) is 4.45. The first-order valence-corrected chi connectivity index (χ1v) is 6.28. The smallest absolute Gasteiger partial charge is 0.343 e. The predicted octanol–water partition coefficient (Wildman–Crippen LogP) is 3.27. The second-order valence-corrected chi connectivity index (χ2v) is 4.47. The van der Waals surface area contributed by atoms with Crippen molar-refractivity contribution in [1.82, 2.24) is 0 Å². The minimum absolute atomic E-state index is 0.132. The summed E-state index contributed by atoms with van der Waals surface area (Å²) in [6.07, 6.45) is 0. The van der Waals surface area contributed by atoms with Crippen LogP contribution in [0.3, 0.4) is 0 Å². The summed E-state index contributed by atoms with van der Waals surface area (Å²) in [6.45, 7) is 0. The molecule has 1 N–H and O–H groups in total. The summed E-state index contributed by atoms with van der Waals surface area (Å²) in [5.74, 6) is -1.88. The first-order chi connectivity index (χ1) is 10.0. The molecule has 0 aliphatic heterocycles. The molecule has 21 heavy (non-hydrogen) atoms. The normalized spacial score (nSPS) is 10.0. The van der Waals surface area contributed by atoms with Crippen LogP contribution in [0, 0.1) is 0 Å². The summed E-state index contributed by atoms with van der Waals surface area (Å²) < 4.78 is 10.2. The first-order valence-electron chi connectivity index (χ1n) is 5.91. The van der Waals surface area contributed by atoms with Gasteiger partial charge in [-0.3, -0.25) is 0 Å². The Morgan fingerprint density at radius 2 is 1.76 bits per heavy atom. The van der Waals surface area contributed by atoms with E-state index in [2.05, 4.69) is 0 Å². The van der Waals surface area contributed by atoms with Gasteiger partial charge < -0.3 is 14.6 Å². The molecule has 108 valence electrons. The molecule has 0 saturated heterocycles. The number of esters is 1. The monoisotopic (exact) mass is 306 g/mol. The number of methoxy groups -OCH3 is 1. The lowest BCUT2D eigenvalue weighted by Crippen LogP contribution is -2.12. The highest BCUT2D eigenvalue weighted by Crippen LogP contribution is 2.31. The van der Waals surface area contributed by atoms with Gasteiger partial charge in [0.1, 0.15) is 5.56 Å². The van der Waals surface area contributed by atoms with Crippen molar-refractivity contribution in [3.05, 3.63) is 58.6 Å². The highest BCUT2D eigenvalue weighted by Gasteiger charge is 2.20. The van der Waals surface area contributed by atoms with Crippen molar-refractivity contribution in [3.8, 4) is 11.5 Å². The highest BCUT2D eigenvalue weighted by molar-refractivity contribution is 6.30. The van der Waals surface area contributed by atoms with Crippen LogP contribution in [-0.4, -0.2) is 24.2 Å². The number of carboxylic acid groups (broad SMARTS) is 1. The minimum Gasteiger partial charge on any atom is -0.493 e. The van der Waals surface area contributed by atoms with Crippen LogP contribution in [0.4, 0.5) is 0 Å². The molecule has 5 nitrogen and oxygen atoms in total. The standard InChI is InChI=1S/C15H11ClO5/c1-20-12-4-2-3-11(14(17)18)13(12)21-15(19)9-5-7-10(16)8-6-9/h2-8H,1H3,(H,17,18). The molecule has 0 radical (unpaired) electrons. The second kappa shape index (κ2) is 6.28. The van der Waals surface area contributed by atoms with Crippen molar-refractivity contribution in [3.63, 3.8) is 0 Å². The van der Waals surface area contributed by atoms with E-state index < -0.39 is 11.9 Å². The lowest BCUT2D eigenvalue weighted by atomic mass is 10.2. The Morgan fingerprint density at radius 3 is 2.33 bits per heavy atom. The number of aromatic carboxylic acids is 1. The molecule has 0 fully saturated rings. The number of hydrogen-bond donors (Lipinski definition) is 1. The topological polar surface area (TPSA) is 72.8 Å². The fraction of sp³-hybridized carbons (Fsp3) is 0.0667. The molecule has 0 amide bonds. The van der Waals surface area contributed by atoms with Gasteiger partial charge in [-0.15, -0.1) is 0 Å². The van der Waals surface area contributed by atoms with Crippen LogP contribution in [0.15, 0.2) is 42.5 Å². The SMILES string of the molecule is COc1cccc(C(=O)O)c1OC(=O)c1ccc(Cl)cc1. The molecule has 6 heteroatoms. The van der Waals surface area contributed by atoms with Gasteiger partial charge in [-0.25, -0.2) is 9.59 Å². The molecular weight excluding hydrogens is 296 g/mol. The summed E-state index contributed by atoms with van der Waals surface area (Å²) in [5.41, 5.74) is 0.0957. The Hall–Kier alpha value is -2.53. The number of rotatable bonds is 4. The van der Waals surface area contributed by atoms with Gasteiger partial charge in [0.25, 0.3) is 0 Å². The van der Waals surface area contributed by atoms with Crippen LogP contribution in [0.2, 0.25) is 5.02 Å². The van der Waals surface area contributed by atoms with Gasteiger partial charge in [0.05, 0.1) is 12.7 Å². The maximum absolute atomic E-state index is 12.1. The average molecular weight is 307 g/mol. The molecule has 2 aromatic rings. The number of para-hydroxylation sites is 1. The summed E-state index contributed by atoms with van der Waals surface area (Å²) in [7, 11) is 1.36. The fourth-order valence-corrected chi connectivity index (χ4v) is 1.81. The van der Waals surface area contributed by atoms with E-state index in [1.54, 1.807) is 12.1 Å². The van der Waals surface area contributed by atoms with Crippen LogP contribution in [0.5, 0.6) is 11.5 Å². The Morgan fingerprint density at radius 1 is 1.10 bits per heavy atom. The zero-order valence-electron chi connectivity index (χ0n) is 11.0. The molecule has 0 saturated carbocycles. The maximum atomic E-state index is 12.1. The van der Waals surface area contributed by atoms with Crippen molar-refractivity contribution < 1.29 is 24.2 Å².